The van der Waals surface area contributed by atoms with Gasteiger partial charge < -0.3 is 4.74 Å². The van der Waals surface area contributed by atoms with Crippen molar-refractivity contribution < 1.29 is 44.4 Å². The quantitative estimate of drug-likeness (QED) is 0.498. The molecule has 0 saturated heterocycles. The molecule has 0 unspecified atom stereocenters. The zero-order valence-electron chi connectivity index (χ0n) is 9.77. The van der Waals surface area contributed by atoms with Gasteiger partial charge in [-0.2, -0.15) is 13.2 Å². The van der Waals surface area contributed by atoms with Gasteiger partial charge in [0.05, 0.1) is 4.92 Å². The Morgan fingerprint density at radius 3 is 2.05 bits per heavy atom. The third kappa shape index (κ3) is 3.94. The van der Waals surface area contributed by atoms with Crippen LogP contribution in [0.4, 0.5) is 32.0 Å². The van der Waals surface area contributed by atoms with Crippen LogP contribution in [-0.4, -0.2) is 24.7 Å². The summed E-state index contributed by atoms with van der Waals surface area (Å²) in [5.74, 6) is -2.08. The first kappa shape index (κ1) is 17.9. The van der Waals surface area contributed by atoms with Gasteiger partial charge in [0, 0.05) is 0 Å². The standard InChI is InChI=1S/C7H3F6N3O5S/c8-6(9,10)3-2(16(17)18)1-15-5(21-7(11,12)13)4(3)22(14,19)20/h1H,(H2,14,19,20). The van der Waals surface area contributed by atoms with E-state index >= 15 is 0 Å². The molecule has 0 radical (unpaired) electrons. The van der Waals surface area contributed by atoms with Crippen molar-refractivity contribution in [1.82, 2.24) is 4.98 Å². The Labute approximate surface area is 116 Å². The van der Waals surface area contributed by atoms with Gasteiger partial charge in [0.2, 0.25) is 15.9 Å². The minimum absolute atomic E-state index is 0.224. The Kier molecular flexibility index (Phi) is 4.26. The molecular weight excluding hydrogens is 352 g/mol. The lowest BCUT2D eigenvalue weighted by molar-refractivity contribution is -0.388. The highest BCUT2D eigenvalue weighted by Gasteiger charge is 2.47. The summed E-state index contributed by atoms with van der Waals surface area (Å²) in [6.45, 7) is 0. The van der Waals surface area contributed by atoms with Crippen LogP contribution in [0.25, 0.3) is 0 Å². The van der Waals surface area contributed by atoms with Gasteiger partial charge in [0.15, 0.2) is 10.5 Å². The third-order valence-corrected chi connectivity index (χ3v) is 2.91. The van der Waals surface area contributed by atoms with E-state index in [1.54, 1.807) is 0 Å². The minimum Gasteiger partial charge on any atom is -0.386 e. The molecule has 0 aromatic carbocycles. The largest absolute Gasteiger partial charge is 0.574 e. The van der Waals surface area contributed by atoms with Gasteiger partial charge in [0.25, 0.3) is 0 Å². The minimum atomic E-state index is -5.71. The van der Waals surface area contributed by atoms with Crippen molar-refractivity contribution in [3.8, 4) is 5.88 Å². The number of primary sulfonamides is 1. The number of alkyl halides is 6. The van der Waals surface area contributed by atoms with E-state index < -0.39 is 49.5 Å². The first-order chi connectivity index (χ1) is 9.64. The summed E-state index contributed by atoms with van der Waals surface area (Å²) in [7, 11) is -5.49. The Balaban J connectivity index is 3.90. The van der Waals surface area contributed by atoms with Crippen molar-refractivity contribution in [1.29, 1.82) is 0 Å². The molecule has 0 aliphatic rings. The molecular formula is C7H3F6N3O5S. The maximum absolute atomic E-state index is 12.8. The molecule has 0 aliphatic heterocycles. The van der Waals surface area contributed by atoms with E-state index in [2.05, 4.69) is 14.9 Å². The van der Waals surface area contributed by atoms with Gasteiger partial charge in [-0.3, -0.25) is 10.1 Å². The van der Waals surface area contributed by atoms with Crippen molar-refractivity contribution in [3.63, 3.8) is 0 Å². The fourth-order valence-corrected chi connectivity index (χ4v) is 2.17. The van der Waals surface area contributed by atoms with E-state index in [1.165, 1.54) is 0 Å². The number of hydrogen-bond acceptors (Lipinski definition) is 6. The fraction of sp³-hybridized carbons (Fsp3) is 0.286. The smallest absolute Gasteiger partial charge is 0.386 e. The Morgan fingerprint density at radius 2 is 1.73 bits per heavy atom. The SMILES string of the molecule is NS(=O)(=O)c1c(OC(F)(F)F)ncc([N+](=O)[O-])c1C(F)(F)F. The number of hydrogen-bond donors (Lipinski definition) is 1. The average Bonchev–Trinajstić information content (AvgIpc) is 2.22. The molecule has 0 amide bonds. The van der Waals surface area contributed by atoms with Gasteiger partial charge in [-0.15, -0.1) is 13.2 Å². The second-order valence-electron chi connectivity index (χ2n) is 3.50. The molecule has 2 N–H and O–H groups in total. The molecule has 1 aromatic rings. The van der Waals surface area contributed by atoms with Gasteiger partial charge in [-0.25, -0.2) is 18.5 Å². The molecule has 8 nitrogen and oxygen atoms in total. The monoisotopic (exact) mass is 355 g/mol. The number of halogens is 6. The molecule has 0 fully saturated rings. The normalized spacial score (nSPS) is 13.0. The zero-order chi connectivity index (χ0) is 17.5. The molecule has 0 bridgehead atoms. The molecule has 22 heavy (non-hydrogen) atoms. The van der Waals surface area contributed by atoms with Crippen molar-refractivity contribution >= 4 is 15.7 Å². The molecule has 1 rings (SSSR count). The van der Waals surface area contributed by atoms with E-state index in [0.717, 1.165) is 0 Å². The lowest BCUT2D eigenvalue weighted by Crippen LogP contribution is -2.26. The summed E-state index contributed by atoms with van der Waals surface area (Å²) < 4.78 is 100. The Bertz CT molecular complexity index is 713. The average molecular weight is 355 g/mol. The maximum Gasteiger partial charge on any atom is 0.574 e. The maximum atomic E-state index is 12.8. The van der Waals surface area contributed by atoms with E-state index in [1.807, 2.05) is 0 Å². The summed E-state index contributed by atoms with van der Waals surface area (Å²) in [6.07, 6.45) is -11.5. The lowest BCUT2D eigenvalue weighted by Gasteiger charge is -2.15. The molecule has 124 valence electrons. The van der Waals surface area contributed by atoms with Crippen molar-refractivity contribution in [3.05, 3.63) is 21.9 Å². The first-order valence-corrected chi connectivity index (χ1v) is 6.22. The van der Waals surface area contributed by atoms with E-state index in [4.69, 9.17) is 0 Å². The van der Waals surface area contributed by atoms with Gasteiger partial charge in [0.1, 0.15) is 6.20 Å². The van der Waals surface area contributed by atoms with Crippen LogP contribution in [0.2, 0.25) is 0 Å². The molecule has 1 heterocycles. The topological polar surface area (TPSA) is 125 Å². The lowest BCUT2D eigenvalue weighted by atomic mass is 10.2. The van der Waals surface area contributed by atoms with Crippen LogP contribution in [0.1, 0.15) is 5.56 Å². The predicted octanol–water partition coefficient (Wildman–Crippen LogP) is 1.55. The van der Waals surface area contributed by atoms with Crippen molar-refractivity contribution in [2.45, 2.75) is 17.4 Å². The molecule has 0 aliphatic carbocycles. The van der Waals surface area contributed by atoms with Crippen molar-refractivity contribution in [2.75, 3.05) is 0 Å². The second-order valence-corrected chi connectivity index (χ2v) is 5.00. The van der Waals surface area contributed by atoms with Crippen LogP contribution in [0.5, 0.6) is 5.88 Å². The van der Waals surface area contributed by atoms with Gasteiger partial charge >= 0.3 is 18.2 Å². The van der Waals surface area contributed by atoms with E-state index in [0.29, 0.717) is 0 Å². The number of nitrogens with zero attached hydrogens (tertiary/aromatic N) is 2. The molecule has 0 saturated carbocycles. The Morgan fingerprint density at radius 1 is 1.23 bits per heavy atom. The predicted molar refractivity (Wildman–Crippen MR) is 53.9 cm³/mol. The third-order valence-electron chi connectivity index (χ3n) is 1.96. The summed E-state index contributed by atoms with van der Waals surface area (Å²) in [5, 5.41) is 14.9. The highest BCUT2D eigenvalue weighted by Crippen LogP contribution is 2.43. The molecule has 15 heteroatoms. The number of ether oxygens (including phenoxy) is 1. The first-order valence-electron chi connectivity index (χ1n) is 4.67. The summed E-state index contributed by atoms with van der Waals surface area (Å²) >= 11 is 0. The van der Waals surface area contributed by atoms with Crippen LogP contribution < -0.4 is 9.88 Å². The van der Waals surface area contributed by atoms with Crippen LogP contribution in [0.3, 0.4) is 0 Å². The molecule has 1 aromatic heterocycles. The van der Waals surface area contributed by atoms with Crippen LogP contribution in [0.15, 0.2) is 11.1 Å². The number of rotatable bonds is 3. The van der Waals surface area contributed by atoms with Crippen LogP contribution in [-0.2, 0) is 16.2 Å². The highest BCUT2D eigenvalue weighted by molar-refractivity contribution is 7.89. The fourth-order valence-electron chi connectivity index (χ4n) is 1.32. The summed E-state index contributed by atoms with van der Waals surface area (Å²) in [5.41, 5.74) is -4.42. The second kappa shape index (κ2) is 5.24. The highest BCUT2D eigenvalue weighted by atomic mass is 32.2. The van der Waals surface area contributed by atoms with Crippen molar-refractivity contribution in [2.24, 2.45) is 5.14 Å². The van der Waals surface area contributed by atoms with Crippen LogP contribution >= 0.6 is 0 Å². The van der Waals surface area contributed by atoms with Gasteiger partial charge in [-0.1, -0.05) is 0 Å². The summed E-state index contributed by atoms with van der Waals surface area (Å²) in [4.78, 5) is 9.13. The van der Waals surface area contributed by atoms with E-state index in [-0.39, 0.29) is 6.20 Å². The van der Waals surface area contributed by atoms with Gasteiger partial charge in [-0.05, 0) is 0 Å². The molecule has 0 atom stereocenters. The molecule has 0 spiro atoms. The van der Waals surface area contributed by atoms with Crippen LogP contribution in [0, 0.1) is 10.1 Å². The number of nitrogens with two attached hydrogens (primary N) is 1. The van der Waals surface area contributed by atoms with E-state index in [9.17, 15) is 44.9 Å². The number of sulfonamides is 1. The number of pyridine rings is 1. The summed E-state index contributed by atoms with van der Waals surface area (Å²) in [6, 6.07) is 0. The zero-order valence-corrected chi connectivity index (χ0v) is 10.6. The number of aromatic nitrogens is 1. The Hall–Kier alpha value is -2.16. The number of nitro groups is 1.